The molecule has 0 radical (unpaired) electrons. The van der Waals surface area contributed by atoms with E-state index >= 15 is 0 Å². The topological polar surface area (TPSA) is 86.7 Å². The molecule has 0 saturated heterocycles. The Balaban J connectivity index is 0.000000406. The summed E-state index contributed by atoms with van der Waals surface area (Å²) in [7, 11) is 3.34. The molecule has 0 unspecified atom stereocenters. The number of ether oxygens (including phenoxy) is 2. The van der Waals surface area contributed by atoms with E-state index in [0.29, 0.717) is 6.54 Å². The van der Waals surface area contributed by atoms with Crippen molar-refractivity contribution in [2.45, 2.75) is 12.7 Å². The SMILES string of the molecule is COc1cccc(Cn2cnc(-c3ccccc3OC)c2-c2ccco2)c1.O=C(O)C(F)(F)F. The van der Waals surface area contributed by atoms with Gasteiger partial charge in [0.15, 0.2) is 5.76 Å². The van der Waals surface area contributed by atoms with Gasteiger partial charge < -0.3 is 23.6 Å². The number of carbonyl (C=O) groups is 1. The number of hydrogen-bond acceptors (Lipinski definition) is 5. The van der Waals surface area contributed by atoms with Crippen molar-refractivity contribution in [1.29, 1.82) is 0 Å². The lowest BCUT2D eigenvalue weighted by molar-refractivity contribution is -0.192. The second kappa shape index (κ2) is 10.6. The summed E-state index contributed by atoms with van der Waals surface area (Å²) in [5, 5.41) is 7.12. The van der Waals surface area contributed by atoms with E-state index in [1.807, 2.05) is 60.9 Å². The van der Waals surface area contributed by atoms with Crippen molar-refractivity contribution >= 4 is 5.97 Å². The minimum atomic E-state index is -5.08. The van der Waals surface area contributed by atoms with Gasteiger partial charge in [0, 0.05) is 12.1 Å². The molecule has 178 valence electrons. The molecule has 4 rings (SSSR count). The lowest BCUT2D eigenvalue weighted by atomic mass is 10.1. The van der Waals surface area contributed by atoms with Gasteiger partial charge in [-0.05, 0) is 42.0 Å². The average molecular weight is 474 g/mol. The third-order valence-electron chi connectivity index (χ3n) is 4.68. The first-order valence-corrected chi connectivity index (χ1v) is 9.90. The molecule has 0 bridgehead atoms. The fraction of sp³-hybridized carbons (Fsp3) is 0.167. The first-order valence-electron chi connectivity index (χ1n) is 9.90. The number of rotatable bonds is 6. The number of benzene rings is 2. The zero-order chi connectivity index (χ0) is 24.7. The molecule has 4 aromatic rings. The van der Waals surface area contributed by atoms with Crippen LogP contribution in [0.1, 0.15) is 5.56 Å². The van der Waals surface area contributed by atoms with E-state index in [9.17, 15) is 13.2 Å². The Kier molecular flexibility index (Phi) is 7.62. The molecule has 0 atom stereocenters. The molecule has 0 aliphatic carbocycles. The molecule has 2 heterocycles. The lowest BCUT2D eigenvalue weighted by Gasteiger charge is -2.11. The zero-order valence-corrected chi connectivity index (χ0v) is 18.2. The van der Waals surface area contributed by atoms with E-state index in [1.54, 1.807) is 20.5 Å². The Labute approximate surface area is 193 Å². The Morgan fingerprint density at radius 2 is 1.79 bits per heavy atom. The Hall–Kier alpha value is -4.21. The number of carboxylic acids is 1. The van der Waals surface area contributed by atoms with Gasteiger partial charge in [-0.15, -0.1) is 0 Å². The predicted molar refractivity (Wildman–Crippen MR) is 118 cm³/mol. The molecule has 2 aromatic heterocycles. The molecular formula is C24H21F3N2O5. The van der Waals surface area contributed by atoms with Crippen LogP contribution in [0.5, 0.6) is 11.5 Å². The number of carboxylic acid groups (broad SMARTS) is 1. The maximum absolute atomic E-state index is 10.6. The van der Waals surface area contributed by atoms with Crippen LogP contribution in [0.4, 0.5) is 13.2 Å². The van der Waals surface area contributed by atoms with Crippen molar-refractivity contribution in [2.75, 3.05) is 14.2 Å². The van der Waals surface area contributed by atoms with Crippen molar-refractivity contribution in [1.82, 2.24) is 9.55 Å². The van der Waals surface area contributed by atoms with Crippen molar-refractivity contribution < 1.29 is 37.0 Å². The van der Waals surface area contributed by atoms with Gasteiger partial charge in [-0.3, -0.25) is 0 Å². The van der Waals surface area contributed by atoms with Crippen LogP contribution in [-0.4, -0.2) is 41.0 Å². The molecule has 2 aromatic carbocycles. The van der Waals surface area contributed by atoms with Crippen molar-refractivity contribution in [3.8, 4) is 34.2 Å². The smallest absolute Gasteiger partial charge is 0.490 e. The minimum Gasteiger partial charge on any atom is -0.497 e. The zero-order valence-electron chi connectivity index (χ0n) is 18.2. The lowest BCUT2D eigenvalue weighted by Crippen LogP contribution is -2.21. The van der Waals surface area contributed by atoms with Crippen LogP contribution in [-0.2, 0) is 11.3 Å². The van der Waals surface area contributed by atoms with E-state index < -0.39 is 12.1 Å². The first kappa shape index (κ1) is 24.4. The van der Waals surface area contributed by atoms with E-state index in [1.165, 1.54) is 0 Å². The fourth-order valence-corrected chi connectivity index (χ4v) is 3.18. The van der Waals surface area contributed by atoms with E-state index in [2.05, 4.69) is 15.6 Å². The highest BCUT2D eigenvalue weighted by atomic mass is 19.4. The van der Waals surface area contributed by atoms with Crippen LogP contribution < -0.4 is 9.47 Å². The number of methoxy groups -OCH3 is 2. The number of aliphatic carboxylic acids is 1. The summed E-state index contributed by atoms with van der Waals surface area (Å²) in [6.07, 6.45) is -1.58. The fourth-order valence-electron chi connectivity index (χ4n) is 3.18. The van der Waals surface area contributed by atoms with Crippen LogP contribution >= 0.6 is 0 Å². The predicted octanol–water partition coefficient (Wildman–Crippen LogP) is 5.51. The van der Waals surface area contributed by atoms with Crippen LogP contribution in [0.15, 0.2) is 77.7 Å². The largest absolute Gasteiger partial charge is 0.497 e. The summed E-state index contributed by atoms with van der Waals surface area (Å²) in [5.74, 6) is -0.391. The van der Waals surface area contributed by atoms with Crippen molar-refractivity contribution in [3.05, 3.63) is 78.8 Å². The van der Waals surface area contributed by atoms with Gasteiger partial charge in [-0.25, -0.2) is 9.78 Å². The molecule has 10 heteroatoms. The third kappa shape index (κ3) is 5.77. The maximum atomic E-state index is 10.6. The Morgan fingerprint density at radius 3 is 2.41 bits per heavy atom. The second-order valence-electron chi connectivity index (χ2n) is 6.90. The molecule has 1 N–H and O–H groups in total. The van der Waals surface area contributed by atoms with E-state index in [0.717, 1.165) is 39.8 Å². The molecule has 0 amide bonds. The average Bonchev–Trinajstić information content (AvgIpc) is 3.49. The highest BCUT2D eigenvalue weighted by molar-refractivity contribution is 5.79. The molecule has 0 saturated carbocycles. The maximum Gasteiger partial charge on any atom is 0.490 e. The van der Waals surface area contributed by atoms with Crippen molar-refractivity contribution in [3.63, 3.8) is 0 Å². The molecule has 0 aliphatic rings. The standard InChI is InChI=1S/C22H20N2O3.C2HF3O2/c1-25-17-8-5-7-16(13-17)14-24-15-23-21(22(24)20-11-6-12-27-20)18-9-3-4-10-19(18)26-2;3-2(4,5)1(6)7/h3-13,15H,14H2,1-2H3;(H,6,7). The molecule has 0 aliphatic heterocycles. The number of aromatic nitrogens is 2. The number of hydrogen-bond donors (Lipinski definition) is 1. The number of imidazole rings is 1. The van der Waals surface area contributed by atoms with Gasteiger partial charge in [0.2, 0.25) is 0 Å². The summed E-state index contributed by atoms with van der Waals surface area (Å²) in [4.78, 5) is 13.6. The van der Waals surface area contributed by atoms with Gasteiger partial charge >= 0.3 is 12.1 Å². The summed E-state index contributed by atoms with van der Waals surface area (Å²) < 4.78 is 50.4. The Bertz CT molecular complexity index is 1230. The van der Waals surface area contributed by atoms with Gasteiger partial charge in [-0.1, -0.05) is 24.3 Å². The van der Waals surface area contributed by atoms with Crippen LogP contribution in [0.2, 0.25) is 0 Å². The van der Waals surface area contributed by atoms with Crippen LogP contribution in [0, 0.1) is 0 Å². The quantitative estimate of drug-likeness (QED) is 0.397. The molecule has 0 fully saturated rings. The molecule has 7 nitrogen and oxygen atoms in total. The first-order chi connectivity index (χ1) is 16.2. The van der Waals surface area contributed by atoms with E-state index in [-0.39, 0.29) is 0 Å². The summed E-state index contributed by atoms with van der Waals surface area (Å²) in [6.45, 7) is 0.648. The number of furan rings is 1. The third-order valence-corrected chi connectivity index (χ3v) is 4.68. The van der Waals surface area contributed by atoms with Gasteiger partial charge in [-0.2, -0.15) is 13.2 Å². The van der Waals surface area contributed by atoms with E-state index in [4.69, 9.17) is 23.8 Å². The molecule has 34 heavy (non-hydrogen) atoms. The Morgan fingerprint density at radius 1 is 1.06 bits per heavy atom. The molecular weight excluding hydrogens is 453 g/mol. The normalized spacial score (nSPS) is 10.9. The van der Waals surface area contributed by atoms with Gasteiger partial charge in [0.05, 0.1) is 26.8 Å². The minimum absolute atomic E-state index is 0.648. The van der Waals surface area contributed by atoms with Crippen LogP contribution in [0.3, 0.4) is 0 Å². The van der Waals surface area contributed by atoms with Crippen molar-refractivity contribution in [2.24, 2.45) is 0 Å². The second-order valence-corrected chi connectivity index (χ2v) is 6.90. The highest BCUT2D eigenvalue weighted by Gasteiger charge is 2.38. The number of halogens is 3. The summed E-state index contributed by atoms with van der Waals surface area (Å²) in [5.41, 5.74) is 3.78. The number of alkyl halides is 3. The summed E-state index contributed by atoms with van der Waals surface area (Å²) in [6, 6.07) is 19.7. The highest BCUT2D eigenvalue weighted by Crippen LogP contribution is 2.36. The number of nitrogens with zero attached hydrogens (tertiary/aromatic N) is 2. The molecule has 0 spiro atoms. The number of para-hydroxylation sites is 1. The monoisotopic (exact) mass is 474 g/mol. The van der Waals surface area contributed by atoms with Gasteiger partial charge in [0.1, 0.15) is 22.9 Å². The van der Waals surface area contributed by atoms with Crippen LogP contribution in [0.25, 0.3) is 22.7 Å². The van der Waals surface area contributed by atoms with Gasteiger partial charge in [0.25, 0.3) is 0 Å². The summed E-state index contributed by atoms with van der Waals surface area (Å²) >= 11 is 0.